The third kappa shape index (κ3) is 3.77. The Hall–Kier alpha value is -0.920. The van der Waals surface area contributed by atoms with E-state index in [0.29, 0.717) is 19.1 Å². The molecule has 0 atom stereocenters. The van der Waals surface area contributed by atoms with Crippen molar-refractivity contribution >= 4 is 10.0 Å². The van der Waals surface area contributed by atoms with E-state index < -0.39 is 10.0 Å². The first kappa shape index (κ1) is 14.5. The van der Waals surface area contributed by atoms with E-state index in [-0.39, 0.29) is 5.75 Å². The first-order valence-corrected chi connectivity index (χ1v) is 8.31. The molecule has 0 spiro atoms. The van der Waals surface area contributed by atoms with E-state index in [4.69, 9.17) is 0 Å². The standard InChI is InChI=1S/C12H22N4O2S/c1-3-19(17,18)16-6-4-12(5-7-16)13-8-11-9-14-15(2)10-11/h9-10,12-13H,3-8H2,1-2H3. The normalized spacial score (nSPS) is 18.8. The average molecular weight is 286 g/mol. The van der Waals surface area contributed by atoms with Crippen molar-refractivity contribution in [2.75, 3.05) is 18.8 Å². The lowest BCUT2D eigenvalue weighted by Crippen LogP contribution is -2.45. The number of hydrogen-bond donors (Lipinski definition) is 1. The number of nitrogens with zero attached hydrogens (tertiary/aromatic N) is 3. The zero-order valence-electron chi connectivity index (χ0n) is 11.5. The highest BCUT2D eigenvalue weighted by Gasteiger charge is 2.26. The molecule has 1 N–H and O–H groups in total. The van der Waals surface area contributed by atoms with E-state index in [0.717, 1.165) is 24.9 Å². The van der Waals surface area contributed by atoms with E-state index >= 15 is 0 Å². The zero-order valence-corrected chi connectivity index (χ0v) is 12.4. The maximum atomic E-state index is 11.7. The lowest BCUT2D eigenvalue weighted by Gasteiger charge is -2.31. The lowest BCUT2D eigenvalue weighted by atomic mass is 10.1. The maximum absolute atomic E-state index is 11.7. The molecule has 108 valence electrons. The molecule has 0 amide bonds. The van der Waals surface area contributed by atoms with Gasteiger partial charge in [-0.2, -0.15) is 5.10 Å². The molecule has 1 saturated heterocycles. The summed E-state index contributed by atoms with van der Waals surface area (Å²) in [4.78, 5) is 0. The largest absolute Gasteiger partial charge is 0.310 e. The van der Waals surface area contributed by atoms with E-state index in [1.807, 2.05) is 19.4 Å². The predicted molar refractivity (Wildman–Crippen MR) is 74.1 cm³/mol. The van der Waals surface area contributed by atoms with Crippen LogP contribution in [0.4, 0.5) is 0 Å². The molecular weight excluding hydrogens is 264 g/mol. The molecule has 0 aliphatic carbocycles. The van der Waals surface area contributed by atoms with Crippen LogP contribution in [0, 0.1) is 0 Å². The Kier molecular flexibility index (Phi) is 4.59. The molecule has 0 saturated carbocycles. The molecule has 0 unspecified atom stereocenters. The summed E-state index contributed by atoms with van der Waals surface area (Å²) in [6.07, 6.45) is 5.59. The van der Waals surface area contributed by atoms with Crippen LogP contribution in [0.15, 0.2) is 12.4 Å². The highest BCUT2D eigenvalue weighted by Crippen LogP contribution is 2.14. The molecule has 7 heteroatoms. The van der Waals surface area contributed by atoms with Crippen LogP contribution in [0.25, 0.3) is 0 Å². The van der Waals surface area contributed by atoms with Gasteiger partial charge in [0.1, 0.15) is 0 Å². The average Bonchev–Trinajstić information content (AvgIpc) is 2.83. The summed E-state index contributed by atoms with van der Waals surface area (Å²) in [6.45, 7) is 3.74. The highest BCUT2D eigenvalue weighted by atomic mass is 32.2. The SMILES string of the molecule is CCS(=O)(=O)N1CCC(NCc2cnn(C)c2)CC1. The van der Waals surface area contributed by atoms with Gasteiger partial charge in [-0.3, -0.25) is 4.68 Å². The van der Waals surface area contributed by atoms with Crippen molar-refractivity contribution in [1.82, 2.24) is 19.4 Å². The Labute approximate surface area is 114 Å². The van der Waals surface area contributed by atoms with E-state index in [1.165, 1.54) is 0 Å². The van der Waals surface area contributed by atoms with Crippen LogP contribution >= 0.6 is 0 Å². The van der Waals surface area contributed by atoms with Gasteiger partial charge in [0.05, 0.1) is 11.9 Å². The number of hydrogen-bond acceptors (Lipinski definition) is 4. The first-order valence-electron chi connectivity index (χ1n) is 6.70. The van der Waals surface area contributed by atoms with Crippen LogP contribution in [-0.2, 0) is 23.6 Å². The third-order valence-electron chi connectivity index (χ3n) is 3.57. The lowest BCUT2D eigenvalue weighted by molar-refractivity contribution is 0.289. The van der Waals surface area contributed by atoms with E-state index in [2.05, 4.69) is 10.4 Å². The van der Waals surface area contributed by atoms with Crippen molar-refractivity contribution < 1.29 is 8.42 Å². The zero-order chi connectivity index (χ0) is 13.9. The fraction of sp³-hybridized carbons (Fsp3) is 0.750. The van der Waals surface area contributed by atoms with Gasteiger partial charge in [-0.1, -0.05) is 0 Å². The second-order valence-corrected chi connectivity index (χ2v) is 7.23. The van der Waals surface area contributed by atoms with Gasteiger partial charge in [-0.15, -0.1) is 0 Å². The Morgan fingerprint density at radius 2 is 2.11 bits per heavy atom. The van der Waals surface area contributed by atoms with Crippen molar-refractivity contribution in [3.8, 4) is 0 Å². The van der Waals surface area contributed by atoms with Gasteiger partial charge in [-0.25, -0.2) is 12.7 Å². The van der Waals surface area contributed by atoms with Crippen LogP contribution < -0.4 is 5.32 Å². The molecule has 2 heterocycles. The monoisotopic (exact) mass is 286 g/mol. The molecule has 2 rings (SSSR count). The van der Waals surface area contributed by atoms with Crippen LogP contribution in [0.5, 0.6) is 0 Å². The molecule has 6 nitrogen and oxygen atoms in total. The van der Waals surface area contributed by atoms with Gasteiger partial charge in [0.25, 0.3) is 0 Å². The van der Waals surface area contributed by atoms with Crippen molar-refractivity contribution in [3.05, 3.63) is 18.0 Å². The molecule has 19 heavy (non-hydrogen) atoms. The molecule has 0 radical (unpaired) electrons. The summed E-state index contributed by atoms with van der Waals surface area (Å²) in [7, 11) is -1.12. The molecule has 1 aromatic heterocycles. The summed E-state index contributed by atoms with van der Waals surface area (Å²) in [6, 6.07) is 0.392. The fourth-order valence-corrected chi connectivity index (χ4v) is 3.48. The van der Waals surface area contributed by atoms with Crippen LogP contribution in [0.2, 0.25) is 0 Å². The summed E-state index contributed by atoms with van der Waals surface area (Å²) in [5, 5.41) is 7.59. The topological polar surface area (TPSA) is 67.2 Å². The minimum Gasteiger partial charge on any atom is -0.310 e. The second-order valence-electron chi connectivity index (χ2n) is 4.98. The van der Waals surface area contributed by atoms with Crippen LogP contribution in [0.1, 0.15) is 25.3 Å². The summed E-state index contributed by atoms with van der Waals surface area (Å²) < 4.78 is 26.9. The molecule has 1 aliphatic heterocycles. The third-order valence-corrected chi connectivity index (χ3v) is 5.45. The number of nitrogens with one attached hydrogen (secondary N) is 1. The van der Waals surface area contributed by atoms with Crippen molar-refractivity contribution in [3.63, 3.8) is 0 Å². The molecule has 0 bridgehead atoms. The minimum absolute atomic E-state index is 0.195. The number of piperidine rings is 1. The van der Waals surface area contributed by atoms with Gasteiger partial charge < -0.3 is 5.32 Å². The summed E-state index contributed by atoms with van der Waals surface area (Å²) >= 11 is 0. The Bertz CT molecular complexity index is 504. The predicted octanol–water partition coefficient (Wildman–Crippen LogP) is 0.324. The van der Waals surface area contributed by atoms with Crippen molar-refractivity contribution in [1.29, 1.82) is 0 Å². The van der Waals surface area contributed by atoms with Gasteiger partial charge in [0.2, 0.25) is 10.0 Å². The number of rotatable bonds is 5. The van der Waals surface area contributed by atoms with Gasteiger partial charge >= 0.3 is 0 Å². The summed E-state index contributed by atoms with van der Waals surface area (Å²) in [5.41, 5.74) is 1.16. The molecule has 1 aromatic rings. The second kappa shape index (κ2) is 6.02. The van der Waals surface area contributed by atoms with Crippen molar-refractivity contribution in [2.45, 2.75) is 32.4 Å². The Balaban J connectivity index is 1.78. The molecule has 0 aromatic carbocycles. The number of aromatic nitrogens is 2. The van der Waals surface area contributed by atoms with Crippen LogP contribution in [-0.4, -0.2) is 47.4 Å². The minimum atomic E-state index is -3.02. The first-order chi connectivity index (χ1) is 9.01. The molecule has 1 fully saturated rings. The number of sulfonamides is 1. The van der Waals surface area contributed by atoms with Gasteiger partial charge in [0.15, 0.2) is 0 Å². The maximum Gasteiger partial charge on any atom is 0.213 e. The van der Waals surface area contributed by atoms with Gasteiger partial charge in [-0.05, 0) is 19.8 Å². The quantitative estimate of drug-likeness (QED) is 0.847. The highest BCUT2D eigenvalue weighted by molar-refractivity contribution is 7.89. The number of aryl methyl sites for hydroxylation is 1. The van der Waals surface area contributed by atoms with Crippen molar-refractivity contribution in [2.24, 2.45) is 7.05 Å². The smallest absolute Gasteiger partial charge is 0.213 e. The van der Waals surface area contributed by atoms with Gasteiger partial charge in [0, 0.05) is 44.5 Å². The van der Waals surface area contributed by atoms with Crippen LogP contribution in [0.3, 0.4) is 0 Å². The fourth-order valence-electron chi connectivity index (χ4n) is 2.35. The Morgan fingerprint density at radius 1 is 1.42 bits per heavy atom. The molecule has 1 aliphatic rings. The molecular formula is C12H22N4O2S. The van der Waals surface area contributed by atoms with E-state index in [9.17, 15) is 8.42 Å². The van der Waals surface area contributed by atoms with E-state index in [1.54, 1.807) is 15.9 Å². The summed E-state index contributed by atoms with van der Waals surface area (Å²) in [5.74, 6) is 0.195. The Morgan fingerprint density at radius 3 is 2.63 bits per heavy atom.